The molecule has 0 aliphatic carbocycles. The molecule has 1 aromatic carbocycles. The molecule has 0 saturated heterocycles. The van der Waals surface area contributed by atoms with E-state index < -0.39 is 0 Å². The number of hydrogen-bond acceptors (Lipinski definition) is 2. The Hall–Kier alpha value is -1.06. The monoisotopic (exact) mass is 278 g/mol. The summed E-state index contributed by atoms with van der Waals surface area (Å²) in [6.45, 7) is 0. The summed E-state index contributed by atoms with van der Waals surface area (Å²) in [4.78, 5) is 1.15. The van der Waals surface area contributed by atoms with Crippen LogP contribution in [0, 0.1) is 0 Å². The summed E-state index contributed by atoms with van der Waals surface area (Å²) < 4.78 is 6.85. The van der Waals surface area contributed by atoms with Gasteiger partial charge in [0, 0.05) is 5.39 Å². The molecule has 1 nitrogen and oxygen atoms in total. The normalized spacial score (nSPS) is 11.0. The minimum absolute atomic E-state index is 0.922. The molecule has 0 aliphatic rings. The third-order valence-corrected chi connectivity index (χ3v) is 3.94. The fourth-order valence-corrected chi connectivity index (χ4v) is 3.05. The smallest absolute Gasteiger partial charge is 0.159 e. The van der Waals surface area contributed by atoms with Gasteiger partial charge in [-0.3, -0.25) is 0 Å². The Morgan fingerprint density at radius 3 is 2.67 bits per heavy atom. The first kappa shape index (κ1) is 9.19. The zero-order chi connectivity index (χ0) is 10.3. The van der Waals surface area contributed by atoms with Gasteiger partial charge in [0.05, 0.1) is 9.35 Å². The summed E-state index contributed by atoms with van der Waals surface area (Å²) >= 11 is 5.27. The van der Waals surface area contributed by atoms with Crippen molar-refractivity contribution in [2.75, 3.05) is 0 Å². The van der Waals surface area contributed by atoms with E-state index in [9.17, 15) is 0 Å². The van der Waals surface area contributed by atoms with E-state index in [4.69, 9.17) is 4.42 Å². The number of rotatable bonds is 1. The van der Waals surface area contributed by atoms with Crippen molar-refractivity contribution in [2.45, 2.75) is 0 Å². The van der Waals surface area contributed by atoms with Gasteiger partial charge in [0.25, 0.3) is 0 Å². The van der Waals surface area contributed by atoms with E-state index in [1.54, 1.807) is 11.3 Å². The Kier molecular flexibility index (Phi) is 2.15. The molecule has 0 unspecified atom stereocenters. The van der Waals surface area contributed by atoms with Crippen LogP contribution in [0.5, 0.6) is 0 Å². The zero-order valence-corrected chi connectivity index (χ0v) is 10.1. The molecular formula is C12H7BrOS. The third kappa shape index (κ3) is 1.43. The zero-order valence-electron chi connectivity index (χ0n) is 7.74. The minimum Gasteiger partial charge on any atom is -0.454 e. The van der Waals surface area contributed by atoms with E-state index in [2.05, 4.69) is 33.4 Å². The van der Waals surface area contributed by atoms with Crippen LogP contribution in [0.3, 0.4) is 0 Å². The van der Waals surface area contributed by atoms with Crippen LogP contribution >= 0.6 is 27.3 Å². The molecule has 0 bridgehead atoms. The van der Waals surface area contributed by atoms with Crippen molar-refractivity contribution in [3.63, 3.8) is 0 Å². The molecular weight excluding hydrogens is 272 g/mol. The van der Waals surface area contributed by atoms with Gasteiger partial charge in [-0.15, -0.1) is 11.3 Å². The average Bonchev–Trinajstić information content (AvgIpc) is 2.87. The quantitative estimate of drug-likeness (QED) is 0.616. The summed E-state index contributed by atoms with van der Waals surface area (Å²) in [6.07, 6.45) is 0. The lowest BCUT2D eigenvalue weighted by molar-refractivity contribution is 0.631. The summed E-state index contributed by atoms with van der Waals surface area (Å²) in [7, 11) is 0. The Morgan fingerprint density at radius 2 is 1.93 bits per heavy atom. The maximum Gasteiger partial charge on any atom is 0.159 e. The second-order valence-corrected chi connectivity index (χ2v) is 4.96. The summed E-state index contributed by atoms with van der Waals surface area (Å²) in [5.41, 5.74) is 0.924. The molecule has 0 saturated carbocycles. The van der Waals surface area contributed by atoms with Gasteiger partial charge in [-0.05, 0) is 39.5 Å². The Bertz CT molecular complexity index is 595. The van der Waals surface area contributed by atoms with E-state index in [1.807, 2.05) is 24.3 Å². The lowest BCUT2D eigenvalue weighted by atomic mass is 10.2. The van der Waals surface area contributed by atoms with Gasteiger partial charge in [-0.25, -0.2) is 0 Å². The summed E-state index contributed by atoms with van der Waals surface area (Å²) in [5.74, 6) is 0.922. The molecule has 0 spiro atoms. The van der Waals surface area contributed by atoms with Crippen molar-refractivity contribution >= 4 is 38.2 Å². The molecule has 74 valence electrons. The molecule has 15 heavy (non-hydrogen) atoms. The van der Waals surface area contributed by atoms with E-state index >= 15 is 0 Å². The van der Waals surface area contributed by atoms with Crippen molar-refractivity contribution in [2.24, 2.45) is 0 Å². The Balaban J connectivity index is 2.33. The van der Waals surface area contributed by atoms with Crippen LogP contribution in [0.4, 0.5) is 0 Å². The Morgan fingerprint density at radius 1 is 1.07 bits per heavy atom. The van der Waals surface area contributed by atoms with Crippen LogP contribution in [-0.4, -0.2) is 0 Å². The second kappa shape index (κ2) is 3.51. The maximum absolute atomic E-state index is 5.81. The van der Waals surface area contributed by atoms with E-state index in [0.717, 1.165) is 26.1 Å². The number of fused-ring (bicyclic) bond motifs is 1. The molecule has 0 radical (unpaired) electrons. The highest BCUT2D eigenvalue weighted by atomic mass is 79.9. The van der Waals surface area contributed by atoms with Gasteiger partial charge in [0.15, 0.2) is 5.76 Å². The maximum atomic E-state index is 5.81. The predicted octanol–water partition coefficient (Wildman–Crippen LogP) is 4.92. The highest BCUT2D eigenvalue weighted by molar-refractivity contribution is 9.10. The van der Waals surface area contributed by atoms with Crippen LogP contribution in [0.1, 0.15) is 0 Å². The SMILES string of the molecule is Brc1c(-c2cccs2)oc2ccccc12. The number of halogens is 1. The molecule has 0 aliphatic heterocycles. The van der Waals surface area contributed by atoms with Gasteiger partial charge in [-0.2, -0.15) is 0 Å². The number of benzene rings is 1. The fraction of sp³-hybridized carbons (Fsp3) is 0. The van der Waals surface area contributed by atoms with Gasteiger partial charge in [0.1, 0.15) is 5.58 Å². The second-order valence-electron chi connectivity index (χ2n) is 3.22. The fourth-order valence-electron chi connectivity index (χ4n) is 1.58. The molecule has 0 amide bonds. The van der Waals surface area contributed by atoms with Crippen LogP contribution in [0.15, 0.2) is 50.7 Å². The Labute approximate surface area is 99.5 Å². The van der Waals surface area contributed by atoms with E-state index in [1.165, 1.54) is 0 Å². The van der Waals surface area contributed by atoms with Gasteiger partial charge < -0.3 is 4.42 Å². The summed E-state index contributed by atoms with van der Waals surface area (Å²) in [6, 6.07) is 12.1. The standard InChI is InChI=1S/C12H7BrOS/c13-11-8-4-1-2-5-9(8)14-12(11)10-6-3-7-15-10/h1-7H. The van der Waals surface area contributed by atoms with Crippen molar-refractivity contribution in [3.05, 3.63) is 46.3 Å². The highest BCUT2D eigenvalue weighted by Crippen LogP contribution is 2.39. The molecule has 2 aromatic heterocycles. The molecule has 3 aromatic rings. The topological polar surface area (TPSA) is 13.1 Å². The molecule has 0 N–H and O–H groups in total. The van der Waals surface area contributed by atoms with Crippen LogP contribution in [0.2, 0.25) is 0 Å². The third-order valence-electron chi connectivity index (χ3n) is 2.28. The van der Waals surface area contributed by atoms with E-state index in [0.29, 0.717) is 0 Å². The minimum atomic E-state index is 0.922. The number of furan rings is 1. The van der Waals surface area contributed by atoms with E-state index in [-0.39, 0.29) is 0 Å². The van der Waals surface area contributed by atoms with Crippen LogP contribution in [-0.2, 0) is 0 Å². The van der Waals surface area contributed by atoms with Gasteiger partial charge in [-0.1, -0.05) is 18.2 Å². The van der Waals surface area contributed by atoms with Crippen molar-refractivity contribution < 1.29 is 4.42 Å². The van der Waals surface area contributed by atoms with Crippen molar-refractivity contribution in [1.29, 1.82) is 0 Å². The molecule has 2 heterocycles. The lowest BCUT2D eigenvalue weighted by Gasteiger charge is -1.90. The largest absolute Gasteiger partial charge is 0.454 e. The molecule has 3 rings (SSSR count). The first-order chi connectivity index (χ1) is 7.36. The lowest BCUT2D eigenvalue weighted by Crippen LogP contribution is -1.65. The van der Waals surface area contributed by atoms with Crippen LogP contribution < -0.4 is 0 Å². The van der Waals surface area contributed by atoms with Gasteiger partial charge >= 0.3 is 0 Å². The summed E-state index contributed by atoms with van der Waals surface area (Å²) in [5, 5.41) is 3.18. The molecule has 3 heteroatoms. The number of thiophene rings is 1. The van der Waals surface area contributed by atoms with Crippen molar-refractivity contribution in [3.8, 4) is 10.6 Å². The molecule has 0 atom stereocenters. The molecule has 0 fully saturated rings. The predicted molar refractivity (Wildman–Crippen MR) is 67.2 cm³/mol. The first-order valence-electron chi connectivity index (χ1n) is 4.57. The first-order valence-corrected chi connectivity index (χ1v) is 6.24. The van der Waals surface area contributed by atoms with Crippen molar-refractivity contribution in [1.82, 2.24) is 0 Å². The average molecular weight is 279 g/mol. The number of para-hydroxylation sites is 1. The van der Waals surface area contributed by atoms with Gasteiger partial charge in [0.2, 0.25) is 0 Å². The highest BCUT2D eigenvalue weighted by Gasteiger charge is 2.13. The number of hydrogen-bond donors (Lipinski definition) is 0. The van der Waals surface area contributed by atoms with Crippen LogP contribution in [0.25, 0.3) is 21.6 Å².